The van der Waals surface area contributed by atoms with E-state index in [-0.39, 0.29) is 5.82 Å². The third-order valence-electron chi connectivity index (χ3n) is 2.85. The lowest BCUT2D eigenvalue weighted by atomic mass is 10.2. The van der Waals surface area contributed by atoms with Gasteiger partial charge in [-0.05, 0) is 24.3 Å². The highest BCUT2D eigenvalue weighted by molar-refractivity contribution is 5.77. The first-order valence-electron chi connectivity index (χ1n) is 5.81. The van der Waals surface area contributed by atoms with Crippen molar-refractivity contribution >= 4 is 11.7 Å². The number of nitrogens with zero attached hydrogens (tertiary/aromatic N) is 2. The van der Waals surface area contributed by atoms with Crippen LogP contribution in [0, 0.1) is 5.82 Å². The van der Waals surface area contributed by atoms with Crippen molar-refractivity contribution in [3.8, 4) is 0 Å². The minimum atomic E-state index is -0.485. The smallest absolute Gasteiger partial charge is 0.368 e. The lowest BCUT2D eigenvalue weighted by molar-refractivity contribution is 0.256. The van der Waals surface area contributed by atoms with Crippen LogP contribution in [0.1, 0.15) is 5.56 Å². The van der Waals surface area contributed by atoms with E-state index >= 15 is 0 Å². The van der Waals surface area contributed by atoms with Crippen LogP contribution < -0.4 is 16.0 Å². The van der Waals surface area contributed by atoms with Gasteiger partial charge in [0, 0.05) is 17.8 Å². The first kappa shape index (κ1) is 11.5. The van der Waals surface area contributed by atoms with E-state index in [1.165, 1.54) is 6.07 Å². The summed E-state index contributed by atoms with van der Waals surface area (Å²) in [5, 5.41) is 4.21. The van der Waals surface area contributed by atoms with Gasteiger partial charge in [0.2, 0.25) is 0 Å². The second-order valence-corrected chi connectivity index (χ2v) is 4.15. The van der Waals surface area contributed by atoms with Crippen LogP contribution in [0.2, 0.25) is 0 Å². The molecule has 0 spiro atoms. The van der Waals surface area contributed by atoms with Crippen LogP contribution in [0.5, 0.6) is 0 Å². The summed E-state index contributed by atoms with van der Waals surface area (Å²) in [7, 11) is 0. The maximum Gasteiger partial charge on any atom is 0.368 e. The molecular weight excluding hydrogens is 245 g/mol. The Morgan fingerprint density at radius 1 is 1.05 bits per heavy atom. The molecule has 94 valence electrons. The van der Waals surface area contributed by atoms with Crippen molar-refractivity contribution in [2.75, 3.05) is 5.32 Å². The van der Waals surface area contributed by atoms with Crippen molar-refractivity contribution in [1.29, 1.82) is 0 Å². The Bertz CT molecular complexity index is 771. The van der Waals surface area contributed by atoms with Gasteiger partial charge >= 0.3 is 6.03 Å². The van der Waals surface area contributed by atoms with Crippen LogP contribution in [0.4, 0.5) is 14.9 Å². The lowest BCUT2D eigenvalue weighted by Crippen LogP contribution is -2.21. The van der Waals surface area contributed by atoms with Crippen LogP contribution in [0.3, 0.4) is 0 Å². The molecule has 1 N–H and O–H groups in total. The average Bonchev–Trinajstić information content (AvgIpc) is 2.77. The van der Waals surface area contributed by atoms with E-state index in [0.29, 0.717) is 22.8 Å². The van der Waals surface area contributed by atoms with Crippen LogP contribution in [-0.4, -0.2) is 6.03 Å². The Morgan fingerprint density at radius 2 is 1.84 bits per heavy atom. The zero-order chi connectivity index (χ0) is 13.2. The molecule has 19 heavy (non-hydrogen) atoms. The summed E-state index contributed by atoms with van der Waals surface area (Å²) >= 11 is 0. The third-order valence-corrected chi connectivity index (χ3v) is 2.85. The number of urea groups is 1. The molecule has 0 aliphatic carbocycles. The van der Waals surface area contributed by atoms with Crippen molar-refractivity contribution in [1.82, 2.24) is 0 Å². The number of hydrogen-bond acceptors (Lipinski definition) is 2. The molecule has 2 aromatic rings. The molecule has 4 nitrogen and oxygen atoms in total. The van der Waals surface area contributed by atoms with E-state index in [2.05, 4.69) is 15.3 Å². The van der Waals surface area contributed by atoms with Gasteiger partial charge in [0.25, 0.3) is 0 Å². The molecule has 0 atom stereocenters. The zero-order valence-electron chi connectivity index (χ0n) is 9.93. The Morgan fingerprint density at radius 3 is 2.68 bits per heavy atom. The second-order valence-electron chi connectivity index (χ2n) is 4.15. The molecule has 1 aliphatic rings. The molecule has 0 aromatic heterocycles. The van der Waals surface area contributed by atoms with Crippen LogP contribution in [0.25, 0.3) is 0 Å². The number of amides is 2. The fourth-order valence-electron chi connectivity index (χ4n) is 1.89. The van der Waals surface area contributed by atoms with Crippen LogP contribution >= 0.6 is 0 Å². The van der Waals surface area contributed by atoms with Gasteiger partial charge in [-0.25, -0.2) is 9.18 Å². The van der Waals surface area contributed by atoms with Crippen molar-refractivity contribution in [2.24, 2.45) is 9.98 Å². The molecule has 0 radical (unpaired) electrons. The fraction of sp³-hybridized carbons (Fsp3) is 0.0714. The monoisotopic (exact) mass is 255 g/mol. The molecule has 5 heteroatoms. The number of nitrogens with one attached hydrogen (secondary N) is 1. The van der Waals surface area contributed by atoms with Crippen LogP contribution in [0.15, 0.2) is 52.4 Å². The standard InChI is InChI=1S/C14H10FN3O/c15-11-4-2-1-3-9(11)8-16-10-5-6-12-13(7-10)18-14(19)17-12/h1-7,16H,8H2. The number of anilines is 1. The SMILES string of the molecule is O=C1N=c2ccc(NCc3ccccc3F)cc2=N1. The number of benzene rings is 2. The number of hydrogen-bond donors (Lipinski definition) is 1. The predicted octanol–water partition coefficient (Wildman–Crippen LogP) is 1.81. The summed E-state index contributed by atoms with van der Waals surface area (Å²) in [5.74, 6) is -0.244. The van der Waals surface area contributed by atoms with Crippen molar-refractivity contribution in [3.63, 3.8) is 0 Å². The molecule has 0 saturated carbocycles. The quantitative estimate of drug-likeness (QED) is 0.909. The molecule has 0 fully saturated rings. The predicted molar refractivity (Wildman–Crippen MR) is 67.9 cm³/mol. The molecular formula is C14H10FN3O. The van der Waals surface area contributed by atoms with Crippen molar-refractivity contribution in [2.45, 2.75) is 6.54 Å². The van der Waals surface area contributed by atoms with Gasteiger partial charge in [-0.15, -0.1) is 0 Å². The summed E-state index contributed by atoms with van der Waals surface area (Å²) < 4.78 is 13.4. The van der Waals surface area contributed by atoms with Gasteiger partial charge in [-0.3, -0.25) is 0 Å². The Labute approximate surface area is 108 Å². The number of halogens is 1. The molecule has 0 unspecified atom stereocenters. The third kappa shape index (κ3) is 2.35. The normalized spacial score (nSPS) is 12.6. The maximum atomic E-state index is 13.4. The van der Waals surface area contributed by atoms with E-state index in [4.69, 9.17) is 0 Å². The van der Waals surface area contributed by atoms with Crippen molar-refractivity contribution in [3.05, 3.63) is 64.6 Å². The van der Waals surface area contributed by atoms with Crippen LogP contribution in [-0.2, 0) is 6.54 Å². The largest absolute Gasteiger partial charge is 0.381 e. The fourth-order valence-corrected chi connectivity index (χ4v) is 1.89. The maximum absolute atomic E-state index is 13.4. The van der Waals surface area contributed by atoms with Gasteiger partial charge in [-0.2, -0.15) is 9.98 Å². The number of carbonyl (C=O) groups excluding carboxylic acids is 1. The van der Waals surface area contributed by atoms with Crippen molar-refractivity contribution < 1.29 is 9.18 Å². The molecule has 1 heterocycles. The highest BCUT2D eigenvalue weighted by atomic mass is 19.1. The zero-order valence-corrected chi connectivity index (χ0v) is 9.93. The molecule has 1 aliphatic heterocycles. The Balaban J connectivity index is 1.81. The summed E-state index contributed by atoms with van der Waals surface area (Å²) in [6.45, 7) is 0.372. The van der Waals surface area contributed by atoms with E-state index < -0.39 is 6.03 Å². The summed E-state index contributed by atoms with van der Waals surface area (Å²) in [5.41, 5.74) is 1.36. The average molecular weight is 255 g/mol. The Hall–Kier alpha value is -2.56. The summed E-state index contributed by atoms with van der Waals surface area (Å²) in [4.78, 5) is 18.5. The number of carbonyl (C=O) groups is 1. The summed E-state index contributed by atoms with van der Waals surface area (Å²) in [6.07, 6.45) is 0. The van der Waals surface area contributed by atoms with E-state index in [1.807, 2.05) is 0 Å². The van der Waals surface area contributed by atoms with Gasteiger partial charge in [-0.1, -0.05) is 18.2 Å². The number of rotatable bonds is 3. The minimum Gasteiger partial charge on any atom is -0.381 e. The van der Waals surface area contributed by atoms with Gasteiger partial charge in [0.15, 0.2) is 0 Å². The van der Waals surface area contributed by atoms with E-state index in [9.17, 15) is 9.18 Å². The van der Waals surface area contributed by atoms with Gasteiger partial charge < -0.3 is 5.32 Å². The molecule has 2 aromatic carbocycles. The lowest BCUT2D eigenvalue weighted by Gasteiger charge is -2.06. The molecule has 2 amide bonds. The van der Waals surface area contributed by atoms with E-state index in [0.717, 1.165) is 5.69 Å². The molecule has 0 saturated heterocycles. The van der Waals surface area contributed by atoms with Gasteiger partial charge in [0.1, 0.15) is 5.82 Å². The molecule has 3 rings (SSSR count). The first-order valence-corrected chi connectivity index (χ1v) is 5.81. The highest BCUT2D eigenvalue weighted by Crippen LogP contribution is 2.09. The molecule has 0 bridgehead atoms. The highest BCUT2D eigenvalue weighted by Gasteiger charge is 2.05. The Kier molecular flexibility index (Phi) is 2.79. The summed E-state index contributed by atoms with van der Waals surface area (Å²) in [6, 6.07) is 11.3. The van der Waals surface area contributed by atoms with E-state index in [1.54, 1.807) is 36.4 Å². The first-order chi connectivity index (χ1) is 9.22. The topological polar surface area (TPSA) is 53.8 Å². The second kappa shape index (κ2) is 4.61. The number of fused-ring (bicyclic) bond motifs is 1. The minimum absolute atomic E-state index is 0.244. The van der Waals surface area contributed by atoms with Gasteiger partial charge in [0.05, 0.1) is 10.7 Å².